The van der Waals surface area contributed by atoms with Gasteiger partial charge in [0.2, 0.25) is 5.91 Å². The topological polar surface area (TPSA) is 62.2 Å². The Bertz CT molecular complexity index is 365. The number of aliphatic hydroxyl groups excluding tert-OH is 1. The Balaban J connectivity index is 2.30. The molecule has 17 heavy (non-hydrogen) atoms. The lowest BCUT2D eigenvalue weighted by molar-refractivity contribution is -0.121. The van der Waals surface area contributed by atoms with Crippen molar-refractivity contribution in [3.8, 4) is 0 Å². The molecular formula is C12H20N2O2S. The number of aromatic nitrogens is 1. The summed E-state index contributed by atoms with van der Waals surface area (Å²) >= 11 is 1.54. The van der Waals surface area contributed by atoms with E-state index >= 15 is 0 Å². The Kier molecular flexibility index (Phi) is 5.58. The Morgan fingerprint density at radius 2 is 2.35 bits per heavy atom. The summed E-state index contributed by atoms with van der Waals surface area (Å²) in [5.41, 5.74) is 0.794. The van der Waals surface area contributed by atoms with Crippen molar-refractivity contribution in [1.29, 1.82) is 0 Å². The second-order valence-electron chi connectivity index (χ2n) is 4.29. The molecule has 0 aliphatic rings. The van der Waals surface area contributed by atoms with Gasteiger partial charge in [-0.3, -0.25) is 4.79 Å². The fourth-order valence-electron chi connectivity index (χ4n) is 1.41. The lowest BCUT2D eigenvalue weighted by Gasteiger charge is -2.17. The predicted molar refractivity (Wildman–Crippen MR) is 69.0 cm³/mol. The third-order valence-corrected chi connectivity index (χ3v) is 3.64. The third kappa shape index (κ3) is 4.83. The van der Waals surface area contributed by atoms with Crippen LogP contribution < -0.4 is 5.32 Å². The van der Waals surface area contributed by atoms with E-state index in [1.54, 1.807) is 0 Å². The van der Waals surface area contributed by atoms with Gasteiger partial charge in [-0.15, -0.1) is 11.3 Å². The van der Waals surface area contributed by atoms with Crippen molar-refractivity contribution in [2.24, 2.45) is 5.92 Å². The summed E-state index contributed by atoms with van der Waals surface area (Å²) in [5, 5.41) is 15.3. The number of aryl methyl sites for hydroxylation is 1. The molecule has 2 N–H and O–H groups in total. The lowest BCUT2D eigenvalue weighted by atomic mass is 10.0. The van der Waals surface area contributed by atoms with Crippen molar-refractivity contribution in [1.82, 2.24) is 10.3 Å². The van der Waals surface area contributed by atoms with Gasteiger partial charge in [-0.2, -0.15) is 0 Å². The number of rotatable bonds is 6. The van der Waals surface area contributed by atoms with E-state index in [2.05, 4.69) is 10.3 Å². The Hall–Kier alpha value is -0.940. The van der Waals surface area contributed by atoms with Crippen LogP contribution in [0.3, 0.4) is 0 Å². The SMILES string of the molecule is CCC(C)C(O)CNC(=O)Cc1csc(C)n1. The van der Waals surface area contributed by atoms with Gasteiger partial charge in [0, 0.05) is 11.9 Å². The molecule has 0 aliphatic carbocycles. The zero-order chi connectivity index (χ0) is 12.8. The Morgan fingerprint density at radius 1 is 1.65 bits per heavy atom. The summed E-state index contributed by atoms with van der Waals surface area (Å²) in [6, 6.07) is 0. The van der Waals surface area contributed by atoms with Crippen LogP contribution in [0.4, 0.5) is 0 Å². The number of nitrogens with zero attached hydrogens (tertiary/aromatic N) is 1. The molecule has 1 amide bonds. The molecule has 4 nitrogen and oxygen atoms in total. The number of hydrogen-bond donors (Lipinski definition) is 2. The maximum Gasteiger partial charge on any atom is 0.226 e. The quantitative estimate of drug-likeness (QED) is 0.811. The summed E-state index contributed by atoms with van der Waals surface area (Å²) in [5.74, 6) is 0.120. The summed E-state index contributed by atoms with van der Waals surface area (Å²) in [6.45, 7) is 6.23. The number of hydrogen-bond acceptors (Lipinski definition) is 4. The smallest absolute Gasteiger partial charge is 0.226 e. The van der Waals surface area contributed by atoms with E-state index in [9.17, 15) is 9.90 Å². The van der Waals surface area contributed by atoms with Crippen LogP contribution in [0.2, 0.25) is 0 Å². The van der Waals surface area contributed by atoms with Gasteiger partial charge in [0.05, 0.1) is 23.2 Å². The minimum Gasteiger partial charge on any atom is -0.391 e. The van der Waals surface area contributed by atoms with Crippen LogP contribution in [-0.2, 0) is 11.2 Å². The molecule has 0 bridgehead atoms. The summed E-state index contributed by atoms with van der Waals surface area (Å²) in [7, 11) is 0. The number of nitrogens with one attached hydrogen (secondary N) is 1. The summed E-state index contributed by atoms with van der Waals surface area (Å²) in [4.78, 5) is 15.8. The highest BCUT2D eigenvalue weighted by atomic mass is 32.1. The van der Waals surface area contributed by atoms with Crippen LogP contribution >= 0.6 is 11.3 Å². The van der Waals surface area contributed by atoms with Crippen LogP contribution in [-0.4, -0.2) is 28.6 Å². The van der Waals surface area contributed by atoms with Crippen molar-refractivity contribution in [2.75, 3.05) is 6.54 Å². The molecule has 1 rings (SSSR count). The standard InChI is InChI=1S/C12H20N2O2S/c1-4-8(2)11(15)6-13-12(16)5-10-7-17-9(3)14-10/h7-8,11,15H,4-6H2,1-3H3,(H,13,16). The van der Waals surface area contributed by atoms with E-state index in [1.807, 2.05) is 26.2 Å². The van der Waals surface area contributed by atoms with E-state index in [1.165, 1.54) is 11.3 Å². The first-order chi connectivity index (χ1) is 8.02. The molecule has 2 atom stereocenters. The van der Waals surface area contributed by atoms with Gasteiger partial charge in [0.1, 0.15) is 0 Å². The Labute approximate surface area is 106 Å². The first kappa shape index (κ1) is 14.1. The molecule has 0 spiro atoms. The highest BCUT2D eigenvalue weighted by Crippen LogP contribution is 2.09. The van der Waals surface area contributed by atoms with Gasteiger partial charge in [0.25, 0.3) is 0 Å². The second kappa shape index (κ2) is 6.71. The molecule has 0 radical (unpaired) electrons. The maximum absolute atomic E-state index is 11.6. The molecular weight excluding hydrogens is 236 g/mol. The average Bonchev–Trinajstić information content (AvgIpc) is 2.70. The van der Waals surface area contributed by atoms with Crippen molar-refractivity contribution in [3.05, 3.63) is 16.1 Å². The number of amides is 1. The van der Waals surface area contributed by atoms with E-state index in [4.69, 9.17) is 0 Å². The normalized spacial score (nSPS) is 14.4. The van der Waals surface area contributed by atoms with Gasteiger partial charge in [-0.25, -0.2) is 4.98 Å². The highest BCUT2D eigenvalue weighted by molar-refractivity contribution is 7.09. The first-order valence-electron chi connectivity index (χ1n) is 5.88. The van der Waals surface area contributed by atoms with Crippen molar-refractivity contribution >= 4 is 17.2 Å². The average molecular weight is 256 g/mol. The molecule has 0 fully saturated rings. The van der Waals surface area contributed by atoms with E-state index in [0.717, 1.165) is 17.1 Å². The number of carbonyl (C=O) groups excluding carboxylic acids is 1. The maximum atomic E-state index is 11.6. The minimum atomic E-state index is -0.471. The molecule has 0 aliphatic heterocycles. The Morgan fingerprint density at radius 3 is 2.88 bits per heavy atom. The molecule has 0 saturated carbocycles. The third-order valence-electron chi connectivity index (χ3n) is 2.82. The van der Waals surface area contributed by atoms with Crippen molar-refractivity contribution < 1.29 is 9.90 Å². The second-order valence-corrected chi connectivity index (χ2v) is 5.35. The van der Waals surface area contributed by atoms with Crippen LogP contribution in [0.25, 0.3) is 0 Å². The molecule has 96 valence electrons. The fraction of sp³-hybridized carbons (Fsp3) is 0.667. The monoisotopic (exact) mass is 256 g/mol. The van der Waals surface area contributed by atoms with Crippen LogP contribution in [0.5, 0.6) is 0 Å². The minimum absolute atomic E-state index is 0.0855. The van der Waals surface area contributed by atoms with Crippen LogP contribution in [0.1, 0.15) is 31.0 Å². The fourth-order valence-corrected chi connectivity index (χ4v) is 2.02. The predicted octanol–water partition coefficient (Wildman–Crippen LogP) is 1.52. The van der Waals surface area contributed by atoms with E-state index in [0.29, 0.717) is 6.54 Å². The zero-order valence-corrected chi connectivity index (χ0v) is 11.4. The lowest BCUT2D eigenvalue weighted by Crippen LogP contribution is -2.36. The number of thiazole rings is 1. The van der Waals surface area contributed by atoms with Crippen molar-refractivity contribution in [3.63, 3.8) is 0 Å². The van der Waals surface area contributed by atoms with Crippen LogP contribution in [0, 0.1) is 12.8 Å². The number of carbonyl (C=O) groups is 1. The summed E-state index contributed by atoms with van der Waals surface area (Å²) in [6.07, 6.45) is 0.723. The van der Waals surface area contributed by atoms with Crippen LogP contribution in [0.15, 0.2) is 5.38 Å². The number of aliphatic hydroxyl groups is 1. The summed E-state index contributed by atoms with van der Waals surface area (Å²) < 4.78 is 0. The molecule has 1 aromatic rings. The van der Waals surface area contributed by atoms with Crippen molar-refractivity contribution in [2.45, 2.75) is 39.7 Å². The van der Waals surface area contributed by atoms with E-state index < -0.39 is 6.10 Å². The molecule has 1 aromatic heterocycles. The molecule has 0 saturated heterocycles. The molecule has 2 unspecified atom stereocenters. The van der Waals surface area contributed by atoms with Gasteiger partial charge >= 0.3 is 0 Å². The highest BCUT2D eigenvalue weighted by Gasteiger charge is 2.13. The van der Waals surface area contributed by atoms with Gasteiger partial charge < -0.3 is 10.4 Å². The molecule has 0 aromatic carbocycles. The van der Waals surface area contributed by atoms with Gasteiger partial charge in [0.15, 0.2) is 0 Å². The largest absolute Gasteiger partial charge is 0.391 e. The van der Waals surface area contributed by atoms with Gasteiger partial charge in [-0.1, -0.05) is 20.3 Å². The molecule has 1 heterocycles. The zero-order valence-electron chi connectivity index (χ0n) is 10.6. The van der Waals surface area contributed by atoms with E-state index in [-0.39, 0.29) is 18.2 Å². The molecule has 5 heteroatoms. The van der Waals surface area contributed by atoms with Gasteiger partial charge in [-0.05, 0) is 12.8 Å². The first-order valence-corrected chi connectivity index (χ1v) is 6.76.